The van der Waals surface area contributed by atoms with E-state index in [-0.39, 0.29) is 18.4 Å². The van der Waals surface area contributed by atoms with Crippen LogP contribution >= 0.6 is 22.9 Å². The van der Waals surface area contributed by atoms with Crippen molar-refractivity contribution in [2.45, 2.75) is 33.4 Å². The Hall–Kier alpha value is -2.95. The van der Waals surface area contributed by atoms with Crippen molar-refractivity contribution in [3.8, 4) is 0 Å². The standard InChI is InChI=1S/C25H30ClN7O2S/c1-16-12-17(2)33(29-16)15-23(34)32-10-8-31(9-11-32)21-5-4-18(26)13-19(21)24(35)28-25-27-20-6-7-30(3)14-22(20)36-25/h4-5,12-13H,6-11,14-15H2,1-3H3,(H,27,28,35). The number of halogens is 1. The van der Waals surface area contributed by atoms with E-state index in [4.69, 9.17) is 11.6 Å². The maximum Gasteiger partial charge on any atom is 0.259 e. The van der Waals surface area contributed by atoms with E-state index >= 15 is 0 Å². The first-order valence-corrected chi connectivity index (χ1v) is 13.3. The van der Waals surface area contributed by atoms with E-state index in [1.54, 1.807) is 16.8 Å². The van der Waals surface area contributed by atoms with Crippen LogP contribution in [0.1, 0.15) is 32.3 Å². The first kappa shape index (κ1) is 24.7. The lowest BCUT2D eigenvalue weighted by atomic mass is 10.1. The van der Waals surface area contributed by atoms with E-state index in [2.05, 4.69) is 32.2 Å². The van der Waals surface area contributed by atoms with E-state index in [9.17, 15) is 9.59 Å². The predicted octanol–water partition coefficient (Wildman–Crippen LogP) is 3.20. The number of rotatable bonds is 5. The Kier molecular flexibility index (Phi) is 7.00. The zero-order valence-corrected chi connectivity index (χ0v) is 22.3. The number of hydrogen-bond donors (Lipinski definition) is 1. The summed E-state index contributed by atoms with van der Waals surface area (Å²) in [5.74, 6) is -0.178. The smallest absolute Gasteiger partial charge is 0.259 e. The molecule has 1 aromatic carbocycles. The van der Waals surface area contributed by atoms with E-state index in [0.29, 0.717) is 41.9 Å². The molecule has 36 heavy (non-hydrogen) atoms. The van der Waals surface area contributed by atoms with Gasteiger partial charge in [-0.1, -0.05) is 11.6 Å². The van der Waals surface area contributed by atoms with Gasteiger partial charge in [0, 0.05) is 67.0 Å². The van der Waals surface area contributed by atoms with Crippen molar-refractivity contribution in [3.63, 3.8) is 0 Å². The van der Waals surface area contributed by atoms with Crippen LogP contribution in [0.25, 0.3) is 0 Å². The van der Waals surface area contributed by atoms with Crippen molar-refractivity contribution in [2.24, 2.45) is 0 Å². The van der Waals surface area contributed by atoms with Gasteiger partial charge in [0.15, 0.2) is 5.13 Å². The van der Waals surface area contributed by atoms with Crippen molar-refractivity contribution in [3.05, 3.63) is 56.8 Å². The van der Waals surface area contributed by atoms with Gasteiger partial charge < -0.3 is 14.7 Å². The van der Waals surface area contributed by atoms with Crippen molar-refractivity contribution in [1.29, 1.82) is 0 Å². The van der Waals surface area contributed by atoms with Crippen LogP contribution in [0.15, 0.2) is 24.3 Å². The quantitative estimate of drug-likeness (QED) is 0.548. The van der Waals surface area contributed by atoms with Crippen LogP contribution < -0.4 is 10.2 Å². The number of aryl methyl sites for hydroxylation is 2. The molecule has 2 aliphatic rings. The third kappa shape index (κ3) is 5.25. The number of amides is 2. The molecule has 0 atom stereocenters. The molecule has 0 radical (unpaired) electrons. The molecule has 190 valence electrons. The van der Waals surface area contributed by atoms with Crippen LogP contribution in [0, 0.1) is 13.8 Å². The van der Waals surface area contributed by atoms with Gasteiger partial charge in [-0.2, -0.15) is 5.10 Å². The number of fused-ring (bicyclic) bond motifs is 1. The average molecular weight is 528 g/mol. The van der Waals surface area contributed by atoms with Crippen LogP contribution in [0.3, 0.4) is 0 Å². The van der Waals surface area contributed by atoms with E-state index < -0.39 is 0 Å². The topological polar surface area (TPSA) is 86.6 Å². The van der Waals surface area contributed by atoms with Crippen molar-refractivity contribution in [2.75, 3.05) is 50.0 Å². The summed E-state index contributed by atoms with van der Waals surface area (Å²) in [5.41, 5.74) is 4.27. The molecule has 11 heteroatoms. The number of aromatic nitrogens is 3. The molecule has 1 N–H and O–H groups in total. The van der Waals surface area contributed by atoms with Crippen molar-refractivity contribution in [1.82, 2.24) is 24.6 Å². The number of piperazine rings is 1. The van der Waals surface area contributed by atoms with Crippen LogP contribution in [0.5, 0.6) is 0 Å². The Morgan fingerprint density at radius 3 is 2.61 bits per heavy atom. The first-order chi connectivity index (χ1) is 17.3. The minimum absolute atomic E-state index is 0.0494. The van der Waals surface area contributed by atoms with Gasteiger partial charge in [0.05, 0.1) is 17.0 Å². The molecule has 0 spiro atoms. The summed E-state index contributed by atoms with van der Waals surface area (Å²) in [6.45, 7) is 8.36. The summed E-state index contributed by atoms with van der Waals surface area (Å²) in [7, 11) is 2.09. The highest BCUT2D eigenvalue weighted by Gasteiger charge is 2.26. The Balaban J connectivity index is 1.26. The number of benzene rings is 1. The lowest BCUT2D eigenvalue weighted by Crippen LogP contribution is -2.50. The molecule has 1 fully saturated rings. The summed E-state index contributed by atoms with van der Waals surface area (Å²) < 4.78 is 1.75. The highest BCUT2D eigenvalue weighted by molar-refractivity contribution is 7.15. The fraction of sp³-hybridized carbons (Fsp3) is 0.440. The number of anilines is 2. The lowest BCUT2D eigenvalue weighted by Gasteiger charge is -2.37. The summed E-state index contributed by atoms with van der Waals surface area (Å²) in [5, 5.41) is 8.51. The lowest BCUT2D eigenvalue weighted by molar-refractivity contribution is -0.132. The van der Waals surface area contributed by atoms with Crippen molar-refractivity contribution >= 4 is 45.6 Å². The SMILES string of the molecule is Cc1cc(C)n(CC(=O)N2CCN(c3ccc(Cl)cc3C(=O)Nc3nc4c(s3)CN(C)CC4)CC2)n1. The van der Waals surface area contributed by atoms with Gasteiger partial charge in [-0.15, -0.1) is 11.3 Å². The minimum atomic E-state index is -0.227. The normalized spacial score (nSPS) is 16.2. The molecule has 2 aliphatic heterocycles. The van der Waals surface area contributed by atoms with E-state index in [1.165, 1.54) is 16.2 Å². The molecule has 9 nitrogen and oxygen atoms in total. The zero-order valence-electron chi connectivity index (χ0n) is 20.8. The Morgan fingerprint density at radius 2 is 1.89 bits per heavy atom. The fourth-order valence-electron chi connectivity index (χ4n) is 4.77. The summed E-state index contributed by atoms with van der Waals surface area (Å²) in [6, 6.07) is 7.35. The highest BCUT2D eigenvalue weighted by atomic mass is 35.5. The van der Waals surface area contributed by atoms with Gasteiger partial charge in [-0.25, -0.2) is 4.98 Å². The Labute approximate surface area is 219 Å². The highest BCUT2D eigenvalue weighted by Crippen LogP contribution is 2.30. The largest absolute Gasteiger partial charge is 0.367 e. The molecular formula is C25H30ClN7O2S. The second-order valence-electron chi connectivity index (χ2n) is 9.44. The van der Waals surface area contributed by atoms with Gasteiger partial charge >= 0.3 is 0 Å². The van der Waals surface area contributed by atoms with Crippen molar-refractivity contribution < 1.29 is 9.59 Å². The maximum atomic E-state index is 13.3. The number of nitrogens with one attached hydrogen (secondary N) is 1. The summed E-state index contributed by atoms with van der Waals surface area (Å²) in [6.07, 6.45) is 0.892. The van der Waals surface area contributed by atoms with Gasteiger partial charge in [-0.05, 0) is 45.2 Å². The molecule has 5 rings (SSSR count). The molecule has 2 aromatic heterocycles. The number of nitrogens with zero attached hydrogens (tertiary/aromatic N) is 6. The number of thiazole rings is 1. The third-order valence-electron chi connectivity index (χ3n) is 6.71. The van der Waals surface area contributed by atoms with Crippen LogP contribution in [0.4, 0.5) is 10.8 Å². The van der Waals surface area contributed by atoms with Gasteiger partial charge in [0.25, 0.3) is 5.91 Å². The third-order valence-corrected chi connectivity index (χ3v) is 7.94. The molecule has 1 saturated heterocycles. The fourth-order valence-corrected chi connectivity index (χ4v) is 6.02. The first-order valence-electron chi connectivity index (χ1n) is 12.1. The van der Waals surface area contributed by atoms with Crippen LogP contribution in [-0.4, -0.2) is 76.2 Å². The monoisotopic (exact) mass is 527 g/mol. The molecule has 3 aromatic rings. The second-order valence-corrected chi connectivity index (χ2v) is 11.0. The maximum absolute atomic E-state index is 13.3. The second kappa shape index (κ2) is 10.2. The van der Waals surface area contributed by atoms with Crippen LogP contribution in [0.2, 0.25) is 5.02 Å². The number of hydrogen-bond acceptors (Lipinski definition) is 7. The molecule has 0 aliphatic carbocycles. The Bertz CT molecular complexity index is 1300. The summed E-state index contributed by atoms with van der Waals surface area (Å²) in [4.78, 5) is 38.3. The van der Waals surface area contributed by atoms with E-state index in [0.717, 1.165) is 42.3 Å². The van der Waals surface area contributed by atoms with Gasteiger partial charge in [0.1, 0.15) is 6.54 Å². The number of likely N-dealkylation sites (N-methyl/N-ethyl adjacent to an activating group) is 1. The van der Waals surface area contributed by atoms with E-state index in [1.807, 2.05) is 30.9 Å². The number of carbonyl (C=O) groups excluding carboxylic acids is 2. The van der Waals surface area contributed by atoms with Crippen LogP contribution in [-0.2, 0) is 24.3 Å². The number of carbonyl (C=O) groups is 2. The zero-order chi connectivity index (χ0) is 25.4. The molecule has 2 amide bonds. The summed E-state index contributed by atoms with van der Waals surface area (Å²) >= 11 is 7.81. The molecule has 0 saturated carbocycles. The molecule has 0 bridgehead atoms. The van der Waals surface area contributed by atoms with Gasteiger partial charge in [0.2, 0.25) is 5.91 Å². The molecule has 0 unspecified atom stereocenters. The molecule has 4 heterocycles. The molecular weight excluding hydrogens is 498 g/mol. The average Bonchev–Trinajstić information content (AvgIpc) is 3.39. The Morgan fingerprint density at radius 1 is 1.11 bits per heavy atom. The predicted molar refractivity (Wildman–Crippen MR) is 142 cm³/mol. The minimum Gasteiger partial charge on any atom is -0.367 e. The van der Waals surface area contributed by atoms with Gasteiger partial charge in [-0.3, -0.25) is 19.6 Å².